The Morgan fingerprint density at radius 2 is 2.31 bits per heavy atom. The Kier molecular flexibility index (Phi) is 1.69. The van der Waals surface area contributed by atoms with Gasteiger partial charge in [-0.05, 0) is 25.7 Å². The highest BCUT2D eigenvalue weighted by atomic mass is 16.1. The van der Waals surface area contributed by atoms with Crippen molar-refractivity contribution in [1.29, 1.82) is 5.26 Å². The van der Waals surface area contributed by atoms with E-state index in [-0.39, 0.29) is 5.69 Å². The number of nitriles is 1. The van der Waals surface area contributed by atoms with E-state index in [1.807, 2.05) is 0 Å². The summed E-state index contributed by atoms with van der Waals surface area (Å²) in [5.74, 6) is 0. The van der Waals surface area contributed by atoms with E-state index >= 15 is 0 Å². The van der Waals surface area contributed by atoms with Gasteiger partial charge in [0.2, 0.25) is 0 Å². The highest BCUT2D eigenvalue weighted by Crippen LogP contribution is 2.34. The molecule has 0 saturated heterocycles. The van der Waals surface area contributed by atoms with Crippen LogP contribution in [0.25, 0.3) is 0 Å². The van der Waals surface area contributed by atoms with E-state index in [1.54, 1.807) is 0 Å². The second-order valence-electron chi connectivity index (χ2n) is 3.38. The maximum atomic E-state index is 11.3. The third kappa shape index (κ3) is 1.06. The van der Waals surface area contributed by atoms with Crippen molar-refractivity contribution in [3.63, 3.8) is 0 Å². The lowest BCUT2D eigenvalue weighted by molar-refractivity contribution is 0.383. The van der Waals surface area contributed by atoms with Gasteiger partial charge in [0.25, 0.3) is 0 Å². The van der Waals surface area contributed by atoms with Crippen molar-refractivity contribution >= 4 is 0 Å². The molecule has 1 aromatic rings. The largest absolute Gasteiger partial charge is 0.344 e. The molecule has 2 rings (SSSR count). The smallest absolute Gasteiger partial charge is 0.262 e. The lowest BCUT2D eigenvalue weighted by Gasteiger charge is -2.19. The van der Waals surface area contributed by atoms with Crippen molar-refractivity contribution in [3.8, 4) is 6.07 Å². The van der Waals surface area contributed by atoms with Gasteiger partial charge in [-0.2, -0.15) is 10.4 Å². The first kappa shape index (κ1) is 8.05. The Morgan fingerprint density at radius 1 is 1.62 bits per heavy atom. The molecule has 0 unspecified atom stereocenters. The van der Waals surface area contributed by atoms with Gasteiger partial charge in [0.1, 0.15) is 11.9 Å². The predicted octanol–water partition coefficient (Wildman–Crippen LogP) is 0.364. The highest BCUT2D eigenvalue weighted by molar-refractivity contribution is 5.07. The first-order valence-electron chi connectivity index (χ1n) is 4.32. The van der Waals surface area contributed by atoms with Gasteiger partial charge in [-0.3, -0.25) is 4.57 Å². The number of aromatic nitrogens is 3. The van der Waals surface area contributed by atoms with Crippen LogP contribution >= 0.6 is 0 Å². The van der Waals surface area contributed by atoms with Crippen LogP contribution in [-0.2, 0) is 5.54 Å². The Morgan fingerprint density at radius 3 is 2.77 bits per heavy atom. The fraction of sp³-hybridized carbons (Fsp3) is 0.625. The lowest BCUT2D eigenvalue weighted by Crippen LogP contribution is -2.35. The molecule has 1 aromatic heterocycles. The Labute approximate surface area is 75.0 Å². The van der Waals surface area contributed by atoms with Gasteiger partial charge < -0.3 is 0 Å². The number of nitrogens with zero attached hydrogens (tertiary/aromatic N) is 3. The summed E-state index contributed by atoms with van der Waals surface area (Å²) in [7, 11) is 0. The molecule has 0 aliphatic heterocycles. The van der Waals surface area contributed by atoms with E-state index in [0.717, 1.165) is 25.7 Å². The number of H-pyrrole nitrogens is 1. The SMILES string of the molecule is N#CC1(n2cn[nH]c2=O)CCCC1. The van der Waals surface area contributed by atoms with Crippen molar-refractivity contribution in [1.82, 2.24) is 14.8 Å². The van der Waals surface area contributed by atoms with Crippen LogP contribution in [0, 0.1) is 11.3 Å². The number of aromatic amines is 1. The second kappa shape index (κ2) is 2.73. The zero-order chi connectivity index (χ0) is 9.31. The van der Waals surface area contributed by atoms with Crippen LogP contribution in [0.1, 0.15) is 25.7 Å². The molecule has 0 atom stereocenters. The summed E-state index contributed by atoms with van der Waals surface area (Å²) >= 11 is 0. The molecule has 0 aromatic carbocycles. The second-order valence-corrected chi connectivity index (χ2v) is 3.38. The van der Waals surface area contributed by atoms with Gasteiger partial charge in [0.15, 0.2) is 0 Å². The minimum Gasteiger partial charge on any atom is -0.262 e. The van der Waals surface area contributed by atoms with Crippen LogP contribution in [0.3, 0.4) is 0 Å². The summed E-state index contributed by atoms with van der Waals surface area (Å²) in [6.45, 7) is 0. The number of rotatable bonds is 1. The van der Waals surface area contributed by atoms with Gasteiger partial charge in [-0.15, -0.1) is 0 Å². The molecule has 0 spiro atoms. The van der Waals surface area contributed by atoms with Gasteiger partial charge in [-0.25, -0.2) is 9.89 Å². The predicted molar refractivity (Wildman–Crippen MR) is 44.9 cm³/mol. The summed E-state index contributed by atoms with van der Waals surface area (Å²) in [4.78, 5) is 11.3. The molecule has 1 aliphatic rings. The first-order valence-corrected chi connectivity index (χ1v) is 4.32. The standard InChI is InChI=1S/C8H10N4O/c9-5-8(3-1-2-4-8)12-6-10-11-7(12)13/h6H,1-4H2,(H,11,13). The Balaban J connectivity index is 2.50. The summed E-state index contributed by atoms with van der Waals surface area (Å²) in [6.07, 6.45) is 4.93. The van der Waals surface area contributed by atoms with Crippen LogP contribution in [0.15, 0.2) is 11.1 Å². The molecule has 0 amide bonds. The first-order chi connectivity index (χ1) is 6.28. The normalized spacial score (nSPS) is 19.9. The molecule has 13 heavy (non-hydrogen) atoms. The molecular weight excluding hydrogens is 168 g/mol. The van der Waals surface area contributed by atoms with Crippen molar-refractivity contribution < 1.29 is 0 Å². The fourth-order valence-electron chi connectivity index (χ4n) is 1.92. The minimum atomic E-state index is -0.635. The molecule has 1 fully saturated rings. The van der Waals surface area contributed by atoms with Crippen LogP contribution < -0.4 is 5.69 Å². The number of hydrogen-bond acceptors (Lipinski definition) is 3. The quantitative estimate of drug-likeness (QED) is 0.674. The molecule has 1 aliphatic carbocycles. The van der Waals surface area contributed by atoms with Crippen LogP contribution in [0.4, 0.5) is 0 Å². The van der Waals surface area contributed by atoms with E-state index in [0.29, 0.717) is 0 Å². The fourth-order valence-corrected chi connectivity index (χ4v) is 1.92. The molecule has 68 valence electrons. The Bertz CT molecular complexity index is 391. The third-order valence-corrected chi connectivity index (χ3v) is 2.65. The molecule has 5 nitrogen and oxygen atoms in total. The molecule has 0 radical (unpaired) electrons. The molecule has 1 heterocycles. The van der Waals surface area contributed by atoms with E-state index in [2.05, 4.69) is 16.3 Å². The summed E-state index contributed by atoms with van der Waals surface area (Å²) < 4.78 is 1.42. The third-order valence-electron chi connectivity index (χ3n) is 2.65. The minimum absolute atomic E-state index is 0.288. The van der Waals surface area contributed by atoms with Crippen molar-refractivity contribution in [2.75, 3.05) is 0 Å². The van der Waals surface area contributed by atoms with Crippen molar-refractivity contribution in [3.05, 3.63) is 16.8 Å². The maximum absolute atomic E-state index is 11.3. The van der Waals surface area contributed by atoms with Crippen LogP contribution in [0.2, 0.25) is 0 Å². The lowest BCUT2D eigenvalue weighted by atomic mass is 10.00. The summed E-state index contributed by atoms with van der Waals surface area (Å²) in [5.41, 5.74) is -0.923. The maximum Gasteiger partial charge on any atom is 0.344 e. The van der Waals surface area contributed by atoms with Gasteiger partial charge in [0.05, 0.1) is 6.07 Å². The van der Waals surface area contributed by atoms with Gasteiger partial charge >= 0.3 is 5.69 Å². The molecule has 1 saturated carbocycles. The molecule has 1 N–H and O–H groups in total. The monoisotopic (exact) mass is 178 g/mol. The topological polar surface area (TPSA) is 74.5 Å². The number of hydrogen-bond donors (Lipinski definition) is 1. The average Bonchev–Trinajstić information content (AvgIpc) is 2.73. The zero-order valence-corrected chi connectivity index (χ0v) is 7.16. The van der Waals surface area contributed by atoms with Gasteiger partial charge in [0, 0.05) is 0 Å². The van der Waals surface area contributed by atoms with E-state index in [4.69, 9.17) is 5.26 Å². The Hall–Kier alpha value is -1.57. The molecule has 5 heteroatoms. The summed E-state index contributed by atoms with van der Waals surface area (Å²) in [6, 6.07) is 2.22. The van der Waals surface area contributed by atoms with E-state index < -0.39 is 5.54 Å². The van der Waals surface area contributed by atoms with E-state index in [1.165, 1.54) is 10.9 Å². The number of nitrogens with one attached hydrogen (secondary N) is 1. The van der Waals surface area contributed by atoms with Crippen LogP contribution in [0.5, 0.6) is 0 Å². The van der Waals surface area contributed by atoms with Crippen molar-refractivity contribution in [2.24, 2.45) is 0 Å². The molecule has 0 bridgehead atoms. The van der Waals surface area contributed by atoms with Crippen LogP contribution in [-0.4, -0.2) is 14.8 Å². The highest BCUT2D eigenvalue weighted by Gasteiger charge is 2.37. The average molecular weight is 178 g/mol. The summed E-state index contributed by atoms with van der Waals surface area (Å²) in [5, 5.41) is 15.0. The zero-order valence-electron chi connectivity index (χ0n) is 7.16. The van der Waals surface area contributed by atoms with E-state index in [9.17, 15) is 4.79 Å². The van der Waals surface area contributed by atoms with Gasteiger partial charge in [-0.1, -0.05) is 0 Å². The van der Waals surface area contributed by atoms with Crippen molar-refractivity contribution in [2.45, 2.75) is 31.2 Å². The molecular formula is C8H10N4O.